The molecule has 1 fully saturated rings. The molecule has 0 aromatic heterocycles. The number of hydrogen-bond donors (Lipinski definition) is 0. The fraction of sp³-hybridized carbons (Fsp3) is 0.909. The van der Waals surface area contributed by atoms with Crippen LogP contribution in [0.1, 0.15) is 33.1 Å². The summed E-state index contributed by atoms with van der Waals surface area (Å²) in [5, 5.41) is 0. The summed E-state index contributed by atoms with van der Waals surface area (Å²) in [5.74, 6) is -0.310. The summed E-state index contributed by atoms with van der Waals surface area (Å²) in [7, 11) is 1.50. The Morgan fingerprint density at radius 3 is 2.67 bits per heavy atom. The molecule has 1 aliphatic heterocycles. The third kappa shape index (κ3) is 3.18. The summed E-state index contributed by atoms with van der Waals surface area (Å²) in [4.78, 5) is 11.7. The lowest BCUT2D eigenvalue weighted by atomic mass is 9.97. The van der Waals surface area contributed by atoms with E-state index in [1.165, 1.54) is 7.11 Å². The maximum Gasteiger partial charge on any atom is 0.313 e. The zero-order valence-corrected chi connectivity index (χ0v) is 9.69. The summed E-state index contributed by atoms with van der Waals surface area (Å²) in [6.45, 7) is 4.13. The van der Waals surface area contributed by atoms with Gasteiger partial charge in [-0.15, -0.1) is 0 Å². The Morgan fingerprint density at radius 1 is 1.40 bits per heavy atom. The maximum absolute atomic E-state index is 11.7. The van der Waals surface area contributed by atoms with E-state index >= 15 is 0 Å². The molecule has 0 saturated carbocycles. The normalized spacial score (nSPS) is 30.5. The molecule has 0 N–H and O–H groups in total. The fourth-order valence-electron chi connectivity index (χ4n) is 1.95. The van der Waals surface area contributed by atoms with E-state index in [0.717, 1.165) is 19.3 Å². The van der Waals surface area contributed by atoms with Gasteiger partial charge in [-0.1, -0.05) is 13.8 Å². The predicted molar refractivity (Wildman–Crippen MR) is 55.3 cm³/mol. The Hall–Kier alpha value is -0.610. The molecule has 0 bridgehead atoms. The highest BCUT2D eigenvalue weighted by Gasteiger charge is 2.38. The van der Waals surface area contributed by atoms with Crippen LogP contribution in [0, 0.1) is 5.92 Å². The van der Waals surface area contributed by atoms with Gasteiger partial charge in [0.2, 0.25) is 0 Å². The molecule has 0 aliphatic carbocycles. The van der Waals surface area contributed by atoms with Crippen molar-refractivity contribution in [1.29, 1.82) is 0 Å². The first kappa shape index (κ1) is 12.5. The van der Waals surface area contributed by atoms with Gasteiger partial charge >= 0.3 is 5.97 Å². The molecule has 0 aromatic rings. The van der Waals surface area contributed by atoms with Gasteiger partial charge in [0.15, 0.2) is 6.79 Å². The average molecular weight is 216 g/mol. The molecule has 1 heterocycles. The molecular weight excluding hydrogens is 196 g/mol. The minimum atomic E-state index is -0.195. The molecule has 15 heavy (non-hydrogen) atoms. The van der Waals surface area contributed by atoms with Gasteiger partial charge in [0.05, 0.1) is 18.1 Å². The summed E-state index contributed by atoms with van der Waals surface area (Å²) in [6.07, 6.45) is 2.79. The zero-order valence-electron chi connectivity index (χ0n) is 9.69. The summed E-state index contributed by atoms with van der Waals surface area (Å²) in [5.41, 5.74) is 0. The minimum absolute atomic E-state index is 0.0132. The monoisotopic (exact) mass is 216 g/mol. The Bertz CT molecular complexity index is 205. The molecule has 4 nitrogen and oxygen atoms in total. The van der Waals surface area contributed by atoms with E-state index in [1.54, 1.807) is 0 Å². The van der Waals surface area contributed by atoms with Gasteiger partial charge in [0, 0.05) is 7.11 Å². The lowest BCUT2D eigenvalue weighted by Crippen LogP contribution is -2.26. The number of methoxy groups -OCH3 is 1. The molecule has 1 aliphatic rings. The van der Waals surface area contributed by atoms with E-state index in [4.69, 9.17) is 14.2 Å². The second kappa shape index (κ2) is 6.08. The van der Waals surface area contributed by atoms with Crippen LogP contribution >= 0.6 is 0 Å². The van der Waals surface area contributed by atoms with E-state index in [2.05, 4.69) is 6.92 Å². The summed E-state index contributed by atoms with van der Waals surface area (Å²) in [6, 6.07) is 0. The molecule has 88 valence electrons. The van der Waals surface area contributed by atoms with Gasteiger partial charge < -0.3 is 14.2 Å². The first-order valence-electron chi connectivity index (χ1n) is 5.53. The van der Waals surface area contributed by atoms with Crippen LogP contribution in [-0.2, 0) is 19.0 Å². The molecule has 0 spiro atoms. The number of rotatable bonds is 5. The highest BCUT2D eigenvalue weighted by atomic mass is 16.7. The average Bonchev–Trinajstić information content (AvgIpc) is 2.69. The first-order valence-corrected chi connectivity index (χ1v) is 5.53. The standard InChI is InChI=1S/C11H20O4/c1-4-8-6-9(10(5-2)15-8)11(12)14-7-13-3/h8-10H,4-7H2,1-3H3. The van der Waals surface area contributed by atoms with Gasteiger partial charge in [-0.2, -0.15) is 0 Å². The maximum atomic E-state index is 11.7. The Morgan fingerprint density at radius 2 is 2.13 bits per heavy atom. The van der Waals surface area contributed by atoms with Crippen molar-refractivity contribution >= 4 is 5.97 Å². The van der Waals surface area contributed by atoms with Crippen LogP contribution in [0.2, 0.25) is 0 Å². The van der Waals surface area contributed by atoms with Crippen molar-refractivity contribution < 1.29 is 19.0 Å². The summed E-state index contributed by atoms with van der Waals surface area (Å²) >= 11 is 0. The number of ether oxygens (including phenoxy) is 3. The smallest absolute Gasteiger partial charge is 0.313 e. The molecule has 0 amide bonds. The molecule has 1 saturated heterocycles. The van der Waals surface area contributed by atoms with Crippen molar-refractivity contribution in [2.45, 2.75) is 45.3 Å². The van der Waals surface area contributed by atoms with Crippen molar-refractivity contribution in [1.82, 2.24) is 0 Å². The quantitative estimate of drug-likeness (QED) is 0.518. The van der Waals surface area contributed by atoms with Crippen LogP contribution in [0.3, 0.4) is 0 Å². The van der Waals surface area contributed by atoms with Crippen LogP contribution in [0.15, 0.2) is 0 Å². The van der Waals surface area contributed by atoms with E-state index in [1.807, 2.05) is 6.92 Å². The highest BCUT2D eigenvalue weighted by Crippen LogP contribution is 2.31. The van der Waals surface area contributed by atoms with Crippen molar-refractivity contribution in [3.8, 4) is 0 Å². The summed E-state index contributed by atoms with van der Waals surface area (Å²) < 4.78 is 15.4. The van der Waals surface area contributed by atoms with Crippen LogP contribution in [0.5, 0.6) is 0 Å². The Balaban J connectivity index is 2.48. The van der Waals surface area contributed by atoms with Crippen molar-refractivity contribution in [2.75, 3.05) is 13.9 Å². The third-order valence-corrected chi connectivity index (χ3v) is 2.81. The lowest BCUT2D eigenvalue weighted by Gasteiger charge is -2.15. The second-order valence-electron chi connectivity index (χ2n) is 3.83. The zero-order chi connectivity index (χ0) is 11.3. The molecule has 3 unspecified atom stereocenters. The van der Waals surface area contributed by atoms with Gasteiger partial charge in [-0.05, 0) is 19.3 Å². The Kier molecular flexibility index (Phi) is 5.05. The molecule has 0 aromatic carbocycles. The van der Waals surface area contributed by atoms with E-state index in [9.17, 15) is 4.79 Å². The van der Waals surface area contributed by atoms with Gasteiger partial charge in [0.25, 0.3) is 0 Å². The van der Waals surface area contributed by atoms with Crippen molar-refractivity contribution in [3.63, 3.8) is 0 Å². The Labute approximate surface area is 90.9 Å². The predicted octanol–water partition coefficient (Wildman–Crippen LogP) is 1.73. The number of carbonyl (C=O) groups excluding carboxylic acids is 1. The largest absolute Gasteiger partial charge is 0.438 e. The van der Waals surface area contributed by atoms with Crippen molar-refractivity contribution in [2.24, 2.45) is 5.92 Å². The third-order valence-electron chi connectivity index (χ3n) is 2.81. The van der Waals surface area contributed by atoms with Crippen LogP contribution in [-0.4, -0.2) is 32.1 Å². The molecule has 4 heteroatoms. The molecule has 0 radical (unpaired) electrons. The lowest BCUT2D eigenvalue weighted by molar-refractivity contribution is -0.160. The van der Waals surface area contributed by atoms with Crippen molar-refractivity contribution in [3.05, 3.63) is 0 Å². The fourth-order valence-corrected chi connectivity index (χ4v) is 1.95. The second-order valence-corrected chi connectivity index (χ2v) is 3.83. The van der Waals surface area contributed by atoms with Crippen LogP contribution < -0.4 is 0 Å². The van der Waals surface area contributed by atoms with E-state index in [0.29, 0.717) is 0 Å². The molecule has 1 rings (SSSR count). The van der Waals surface area contributed by atoms with E-state index < -0.39 is 0 Å². The van der Waals surface area contributed by atoms with Gasteiger partial charge in [-0.25, -0.2) is 0 Å². The topological polar surface area (TPSA) is 44.8 Å². The number of hydrogen-bond acceptors (Lipinski definition) is 4. The minimum Gasteiger partial charge on any atom is -0.438 e. The van der Waals surface area contributed by atoms with Crippen LogP contribution in [0.25, 0.3) is 0 Å². The van der Waals surface area contributed by atoms with Gasteiger partial charge in [-0.3, -0.25) is 4.79 Å². The SMILES string of the molecule is CCC1CC(C(=O)OCOC)C(CC)O1. The number of esters is 1. The first-order chi connectivity index (χ1) is 7.22. The number of carbonyl (C=O) groups is 1. The highest BCUT2D eigenvalue weighted by molar-refractivity contribution is 5.73. The molecule has 3 atom stereocenters. The van der Waals surface area contributed by atoms with Gasteiger partial charge in [0.1, 0.15) is 0 Å². The van der Waals surface area contributed by atoms with E-state index in [-0.39, 0.29) is 30.9 Å². The molecular formula is C11H20O4. The van der Waals surface area contributed by atoms with Crippen LogP contribution in [0.4, 0.5) is 0 Å².